The fourth-order valence-electron chi connectivity index (χ4n) is 4.73. The van der Waals surface area contributed by atoms with Gasteiger partial charge in [0.05, 0.1) is 12.1 Å². The number of nitrogens with zero attached hydrogens (tertiary/aromatic N) is 2. The van der Waals surface area contributed by atoms with E-state index in [1.54, 1.807) is 12.1 Å². The summed E-state index contributed by atoms with van der Waals surface area (Å²) in [6, 6.07) is 5.93. The summed E-state index contributed by atoms with van der Waals surface area (Å²) in [5.41, 5.74) is 5.64. The number of nitrogens with two attached hydrogens (primary N) is 1. The van der Waals surface area contributed by atoms with Gasteiger partial charge in [-0.05, 0) is 49.9 Å². The molecule has 1 aromatic rings. The van der Waals surface area contributed by atoms with Crippen LogP contribution in [-0.4, -0.2) is 72.1 Å². The molecule has 2 heterocycles. The molecule has 4 rings (SSSR count). The molecule has 0 spiro atoms. The van der Waals surface area contributed by atoms with Gasteiger partial charge < -0.3 is 25.0 Å². The van der Waals surface area contributed by atoms with E-state index < -0.39 is 5.54 Å². The number of ether oxygens (including phenoxy) is 2. The summed E-state index contributed by atoms with van der Waals surface area (Å²) < 4.78 is 24.3. The summed E-state index contributed by atoms with van der Waals surface area (Å²) in [5.74, 6) is 0.297. The Morgan fingerprint density at radius 1 is 1.20 bits per heavy atom. The van der Waals surface area contributed by atoms with E-state index in [9.17, 15) is 14.0 Å². The first-order valence-electron chi connectivity index (χ1n) is 10.8. The van der Waals surface area contributed by atoms with E-state index in [0.29, 0.717) is 32.0 Å². The summed E-state index contributed by atoms with van der Waals surface area (Å²) >= 11 is 0. The summed E-state index contributed by atoms with van der Waals surface area (Å²) in [6.45, 7) is 2.04. The normalized spacial score (nSPS) is 24.9. The molecule has 1 unspecified atom stereocenters. The van der Waals surface area contributed by atoms with Gasteiger partial charge in [-0.2, -0.15) is 0 Å². The van der Waals surface area contributed by atoms with Crippen molar-refractivity contribution in [2.24, 2.45) is 5.73 Å². The van der Waals surface area contributed by atoms with Crippen molar-refractivity contribution >= 4 is 11.8 Å². The van der Waals surface area contributed by atoms with Crippen molar-refractivity contribution < 1.29 is 23.5 Å². The number of halogens is 1. The molecule has 1 saturated carbocycles. The minimum Gasteiger partial charge on any atom is -0.491 e. The molecule has 8 heteroatoms. The molecule has 2 amide bonds. The third-order valence-corrected chi connectivity index (χ3v) is 6.53. The highest BCUT2D eigenvalue weighted by Crippen LogP contribution is 2.30. The van der Waals surface area contributed by atoms with Crippen LogP contribution in [0.25, 0.3) is 0 Å². The van der Waals surface area contributed by atoms with E-state index in [1.165, 1.54) is 12.1 Å². The molecule has 2 saturated heterocycles. The lowest BCUT2D eigenvalue weighted by Gasteiger charge is -2.43. The maximum Gasteiger partial charge on any atom is 0.248 e. The van der Waals surface area contributed by atoms with E-state index in [0.717, 1.165) is 38.5 Å². The van der Waals surface area contributed by atoms with Gasteiger partial charge >= 0.3 is 0 Å². The van der Waals surface area contributed by atoms with Crippen molar-refractivity contribution in [1.82, 2.24) is 9.80 Å². The molecular formula is C22H30FN3O4. The fraction of sp³-hybridized carbons (Fsp3) is 0.636. The second kappa shape index (κ2) is 8.89. The second-order valence-electron chi connectivity index (χ2n) is 8.63. The second-order valence-corrected chi connectivity index (χ2v) is 8.63. The maximum atomic E-state index is 13.0. The van der Waals surface area contributed by atoms with Gasteiger partial charge in [-0.3, -0.25) is 9.59 Å². The minimum absolute atomic E-state index is 0.0242. The van der Waals surface area contributed by atoms with Crippen LogP contribution >= 0.6 is 0 Å². The zero-order valence-electron chi connectivity index (χ0n) is 17.2. The number of carbonyl (C=O) groups excluding carboxylic acids is 2. The van der Waals surface area contributed by atoms with Crippen LogP contribution < -0.4 is 10.5 Å². The third kappa shape index (κ3) is 4.59. The molecular weight excluding hydrogens is 389 g/mol. The number of morpholine rings is 1. The number of hydrogen-bond acceptors (Lipinski definition) is 5. The molecule has 1 aliphatic carbocycles. The van der Waals surface area contributed by atoms with Crippen molar-refractivity contribution in [3.8, 4) is 5.75 Å². The van der Waals surface area contributed by atoms with Gasteiger partial charge in [0.1, 0.15) is 30.9 Å². The Labute approximate surface area is 176 Å². The highest BCUT2D eigenvalue weighted by Gasteiger charge is 2.42. The highest BCUT2D eigenvalue weighted by molar-refractivity contribution is 5.86. The fourth-order valence-corrected chi connectivity index (χ4v) is 4.73. The van der Waals surface area contributed by atoms with Gasteiger partial charge in [-0.15, -0.1) is 0 Å². The predicted molar refractivity (Wildman–Crippen MR) is 108 cm³/mol. The molecule has 2 aliphatic heterocycles. The number of likely N-dealkylation sites (tertiary alicyclic amines) is 1. The summed E-state index contributed by atoms with van der Waals surface area (Å²) in [6.07, 6.45) is 4.83. The monoisotopic (exact) mass is 419 g/mol. The molecule has 30 heavy (non-hydrogen) atoms. The molecule has 1 atom stereocenters. The first-order valence-corrected chi connectivity index (χ1v) is 10.8. The van der Waals surface area contributed by atoms with Crippen molar-refractivity contribution in [2.45, 2.75) is 56.2 Å². The standard InChI is InChI=1S/C22H30FN3O4/c23-16-3-5-18(6-4-16)29-14-19-13-26(20(27)15-30-19)17-7-11-25(12-8-17)21(28)22(24)9-1-2-10-22/h3-6,17,19H,1-2,7-15,24H2. The van der Waals surface area contributed by atoms with Crippen LogP contribution in [0.3, 0.4) is 0 Å². The largest absolute Gasteiger partial charge is 0.491 e. The third-order valence-electron chi connectivity index (χ3n) is 6.53. The van der Waals surface area contributed by atoms with Gasteiger partial charge in [-0.1, -0.05) is 12.8 Å². The Morgan fingerprint density at radius 3 is 2.53 bits per heavy atom. The summed E-state index contributed by atoms with van der Waals surface area (Å²) in [5, 5.41) is 0. The number of rotatable bonds is 5. The average molecular weight is 419 g/mol. The van der Waals surface area contributed by atoms with Gasteiger partial charge in [0.25, 0.3) is 0 Å². The Bertz CT molecular complexity index is 758. The van der Waals surface area contributed by atoms with Gasteiger partial charge in [0.15, 0.2) is 0 Å². The molecule has 3 aliphatic rings. The van der Waals surface area contributed by atoms with Crippen LogP contribution in [-0.2, 0) is 14.3 Å². The van der Waals surface area contributed by atoms with E-state index in [1.807, 2.05) is 9.80 Å². The average Bonchev–Trinajstić information content (AvgIpc) is 3.21. The van der Waals surface area contributed by atoms with Crippen molar-refractivity contribution in [1.29, 1.82) is 0 Å². The van der Waals surface area contributed by atoms with Crippen molar-refractivity contribution in [3.05, 3.63) is 30.1 Å². The Kier molecular flexibility index (Phi) is 6.24. The van der Waals surface area contributed by atoms with Crippen LogP contribution in [0, 0.1) is 5.82 Å². The smallest absolute Gasteiger partial charge is 0.248 e. The summed E-state index contributed by atoms with van der Waals surface area (Å²) in [7, 11) is 0. The zero-order valence-corrected chi connectivity index (χ0v) is 17.2. The molecule has 0 bridgehead atoms. The Morgan fingerprint density at radius 2 is 1.87 bits per heavy atom. The maximum absolute atomic E-state index is 13.0. The Balaban J connectivity index is 1.28. The van der Waals surface area contributed by atoms with Crippen LogP contribution in [0.15, 0.2) is 24.3 Å². The van der Waals surface area contributed by atoms with E-state index >= 15 is 0 Å². The first kappa shape index (κ1) is 21.1. The zero-order chi connectivity index (χ0) is 21.1. The van der Waals surface area contributed by atoms with Crippen LogP contribution in [0.5, 0.6) is 5.75 Å². The highest BCUT2D eigenvalue weighted by atomic mass is 19.1. The van der Waals surface area contributed by atoms with Crippen molar-refractivity contribution in [2.75, 3.05) is 32.8 Å². The van der Waals surface area contributed by atoms with Gasteiger partial charge in [-0.25, -0.2) is 4.39 Å². The molecule has 0 radical (unpaired) electrons. The molecule has 2 N–H and O–H groups in total. The number of amides is 2. The van der Waals surface area contributed by atoms with E-state index in [2.05, 4.69) is 0 Å². The lowest BCUT2D eigenvalue weighted by Crippen LogP contribution is -2.59. The molecule has 164 valence electrons. The lowest BCUT2D eigenvalue weighted by atomic mass is 9.94. The van der Waals surface area contributed by atoms with E-state index in [4.69, 9.17) is 15.2 Å². The first-order chi connectivity index (χ1) is 14.4. The minimum atomic E-state index is -0.690. The number of benzene rings is 1. The topological polar surface area (TPSA) is 85.1 Å². The van der Waals surface area contributed by atoms with E-state index in [-0.39, 0.29) is 36.4 Å². The van der Waals surface area contributed by atoms with Gasteiger partial charge in [0, 0.05) is 19.1 Å². The SMILES string of the molecule is NC1(C(=O)N2CCC(N3CC(COc4ccc(F)cc4)OCC3=O)CC2)CCCC1. The van der Waals surface area contributed by atoms with Crippen LogP contribution in [0.2, 0.25) is 0 Å². The molecule has 3 fully saturated rings. The molecule has 1 aromatic carbocycles. The quantitative estimate of drug-likeness (QED) is 0.785. The van der Waals surface area contributed by atoms with Gasteiger partial charge in [0.2, 0.25) is 11.8 Å². The van der Waals surface area contributed by atoms with Crippen LogP contribution in [0.4, 0.5) is 4.39 Å². The Hall–Kier alpha value is -2.19. The lowest BCUT2D eigenvalue weighted by molar-refractivity contribution is -0.156. The molecule has 7 nitrogen and oxygen atoms in total. The number of piperidine rings is 1. The number of carbonyl (C=O) groups is 2. The predicted octanol–water partition coefficient (Wildman–Crippen LogP) is 1.69. The number of hydrogen-bond donors (Lipinski definition) is 1. The molecule has 0 aromatic heterocycles. The van der Waals surface area contributed by atoms with Crippen LogP contribution in [0.1, 0.15) is 38.5 Å². The van der Waals surface area contributed by atoms with Crippen molar-refractivity contribution in [3.63, 3.8) is 0 Å². The summed E-state index contributed by atoms with van der Waals surface area (Å²) in [4.78, 5) is 29.0.